The van der Waals surface area contributed by atoms with Gasteiger partial charge in [-0.15, -0.1) is 0 Å². The normalized spacial score (nSPS) is 17.7. The van der Waals surface area contributed by atoms with Crippen LogP contribution >= 0.6 is 17.6 Å². The topological polar surface area (TPSA) is 65.6 Å². The molecule has 208 valence electrons. The molecule has 10 heteroatoms. The van der Waals surface area contributed by atoms with Gasteiger partial charge in [0.05, 0.1) is 19.0 Å². The first-order valence-corrected chi connectivity index (χ1v) is 17.6. The van der Waals surface area contributed by atoms with E-state index < -0.39 is 6.04 Å². The van der Waals surface area contributed by atoms with Crippen LogP contribution < -0.4 is 25.6 Å². The zero-order chi connectivity index (χ0) is 27.6. The van der Waals surface area contributed by atoms with Crippen molar-refractivity contribution in [2.45, 2.75) is 25.7 Å². The summed E-state index contributed by atoms with van der Waals surface area (Å²) >= 11 is 12.3. The molecular weight excluding hydrogens is 547 g/mol. The van der Waals surface area contributed by atoms with E-state index in [1.165, 1.54) is 44.5 Å². The number of rotatable bonds is 7. The molecule has 2 aliphatic rings. The number of nitrogens with one attached hydrogen (secondary N) is 2. The number of benzene rings is 2. The van der Waals surface area contributed by atoms with Gasteiger partial charge in [0, 0.05) is 35.8 Å². The molecule has 1 spiro atoms. The molecule has 39 heavy (non-hydrogen) atoms. The molecule has 0 atom stereocenters. The third-order valence-electron chi connectivity index (χ3n) is 8.15. The van der Waals surface area contributed by atoms with Crippen LogP contribution in [0.25, 0.3) is 0 Å². The molecule has 5 rings (SSSR count). The Kier molecular flexibility index (Phi) is 8.39. The minimum absolute atomic E-state index is 0.431. The Balaban J connectivity index is 1.30. The van der Waals surface area contributed by atoms with Gasteiger partial charge in [-0.1, -0.05) is 41.6 Å². The summed E-state index contributed by atoms with van der Waals surface area (Å²) < 4.78 is 5.77. The molecule has 0 saturated carbocycles. The fraction of sp³-hybridized carbons (Fsp3) is 0.448. The van der Waals surface area contributed by atoms with E-state index in [4.69, 9.17) is 28.1 Å². The summed E-state index contributed by atoms with van der Waals surface area (Å²) in [6.45, 7) is 8.84. The van der Waals surface area contributed by atoms with Gasteiger partial charge in [0.1, 0.15) is 10.8 Å². The lowest BCUT2D eigenvalue weighted by Gasteiger charge is -2.47. The Morgan fingerprint density at radius 3 is 2.36 bits per heavy atom. The Morgan fingerprint density at radius 2 is 1.67 bits per heavy atom. The number of likely N-dealkylation sites (tertiary alicyclic amines) is 1. The summed E-state index contributed by atoms with van der Waals surface area (Å²) in [7, 11) is 3.93. The lowest BCUT2D eigenvalue weighted by atomic mass is 9.71. The summed E-state index contributed by atoms with van der Waals surface area (Å²) in [5, 5.41) is 8.25. The van der Waals surface area contributed by atoms with E-state index in [1.807, 2.05) is 24.3 Å². The quantitative estimate of drug-likeness (QED) is 0.314. The van der Waals surface area contributed by atoms with Crippen molar-refractivity contribution in [3.63, 3.8) is 0 Å². The van der Waals surface area contributed by atoms with Crippen LogP contribution in [0.2, 0.25) is 5.02 Å². The van der Waals surface area contributed by atoms with Gasteiger partial charge < -0.3 is 25.2 Å². The Bertz CT molecular complexity index is 1360. The highest BCUT2D eigenvalue weighted by Crippen LogP contribution is 2.43. The van der Waals surface area contributed by atoms with Crippen molar-refractivity contribution >= 4 is 63.6 Å². The number of aromatic nitrogens is 2. The largest absolute Gasteiger partial charge is 0.494 e. The molecule has 0 unspecified atom stereocenters. The lowest BCUT2D eigenvalue weighted by Crippen LogP contribution is -2.46. The number of nitrogens with zero attached hydrogens (tertiary/aromatic N) is 4. The first kappa shape index (κ1) is 28.2. The van der Waals surface area contributed by atoms with Crippen LogP contribution in [-0.2, 0) is 11.8 Å². The molecule has 3 heterocycles. The second-order valence-electron chi connectivity index (χ2n) is 11.2. The van der Waals surface area contributed by atoms with Gasteiger partial charge >= 0.3 is 0 Å². The summed E-state index contributed by atoms with van der Waals surface area (Å²) in [6.07, 6.45) is 6.75. The van der Waals surface area contributed by atoms with E-state index in [1.54, 1.807) is 13.3 Å². The third kappa shape index (κ3) is 6.51. The Morgan fingerprint density at radius 1 is 0.974 bits per heavy atom. The fourth-order valence-corrected chi connectivity index (χ4v) is 7.40. The summed E-state index contributed by atoms with van der Waals surface area (Å²) in [5.41, 5.74) is 3.43. The highest BCUT2D eigenvalue weighted by atomic mass is 35.5. The number of ether oxygens (including phenoxy) is 1. The molecule has 1 aromatic heterocycles. The highest BCUT2D eigenvalue weighted by molar-refractivity contribution is 8.17. The van der Waals surface area contributed by atoms with Gasteiger partial charge in [-0.05, 0) is 88.8 Å². The van der Waals surface area contributed by atoms with E-state index >= 15 is 0 Å². The van der Waals surface area contributed by atoms with Crippen LogP contribution in [0.5, 0.6) is 5.75 Å². The van der Waals surface area contributed by atoms with Crippen molar-refractivity contribution in [3.8, 4) is 5.75 Å². The summed E-state index contributed by atoms with van der Waals surface area (Å²) in [4.78, 5) is 14.0. The smallest absolute Gasteiger partial charge is 0.229 e. The molecule has 0 amide bonds. The van der Waals surface area contributed by atoms with E-state index in [0.29, 0.717) is 22.2 Å². The number of halogens is 1. The van der Waals surface area contributed by atoms with E-state index in [9.17, 15) is 0 Å². The SMILES string of the molecule is COc1cc(N2CCC3(CCN(C)CC3)CC2)ccc1Nc1ncc(Cl)c(Nc2ccccc2P(C)(C)=S)n1. The molecule has 2 fully saturated rings. The number of piperidine rings is 2. The molecule has 2 aromatic carbocycles. The molecule has 3 aromatic rings. The molecular formula is C29H38ClN6OPS. The Hall–Kier alpha value is -2.38. The number of hydrogen-bond donors (Lipinski definition) is 2. The predicted octanol–water partition coefficient (Wildman–Crippen LogP) is 6.30. The second-order valence-corrected chi connectivity index (χ2v) is 17.5. The third-order valence-corrected chi connectivity index (χ3v) is 10.6. The average Bonchev–Trinajstić information content (AvgIpc) is 2.93. The predicted molar refractivity (Wildman–Crippen MR) is 169 cm³/mol. The molecule has 0 radical (unpaired) electrons. The van der Waals surface area contributed by atoms with E-state index in [2.05, 4.69) is 69.0 Å². The zero-order valence-corrected chi connectivity index (χ0v) is 25.7. The van der Waals surface area contributed by atoms with Crippen molar-refractivity contribution in [2.24, 2.45) is 5.41 Å². The minimum Gasteiger partial charge on any atom is -0.494 e. The van der Waals surface area contributed by atoms with Gasteiger partial charge in [-0.2, -0.15) is 4.98 Å². The minimum atomic E-state index is -1.67. The van der Waals surface area contributed by atoms with Crippen molar-refractivity contribution in [3.05, 3.63) is 53.7 Å². The van der Waals surface area contributed by atoms with Crippen molar-refractivity contribution < 1.29 is 4.74 Å². The van der Waals surface area contributed by atoms with Gasteiger partial charge in [-0.3, -0.25) is 0 Å². The monoisotopic (exact) mass is 584 g/mol. The van der Waals surface area contributed by atoms with Crippen LogP contribution in [0, 0.1) is 5.41 Å². The van der Waals surface area contributed by atoms with Gasteiger partial charge in [0.15, 0.2) is 5.82 Å². The van der Waals surface area contributed by atoms with Crippen molar-refractivity contribution in [1.29, 1.82) is 0 Å². The van der Waals surface area contributed by atoms with Crippen molar-refractivity contribution in [2.75, 3.05) is 69.2 Å². The lowest BCUT2D eigenvalue weighted by molar-refractivity contribution is 0.0945. The van der Waals surface area contributed by atoms with Gasteiger partial charge in [0.25, 0.3) is 0 Å². The zero-order valence-electron chi connectivity index (χ0n) is 23.2. The maximum Gasteiger partial charge on any atom is 0.229 e. The average molecular weight is 585 g/mol. The van der Waals surface area contributed by atoms with E-state index in [-0.39, 0.29) is 0 Å². The second kappa shape index (κ2) is 11.6. The van der Waals surface area contributed by atoms with Crippen LogP contribution in [0.3, 0.4) is 0 Å². The van der Waals surface area contributed by atoms with Crippen LogP contribution in [0.15, 0.2) is 48.7 Å². The van der Waals surface area contributed by atoms with Crippen LogP contribution in [-0.4, -0.2) is 68.5 Å². The molecule has 0 bridgehead atoms. The molecule has 2 aliphatic heterocycles. The highest BCUT2D eigenvalue weighted by Gasteiger charge is 2.37. The van der Waals surface area contributed by atoms with Crippen LogP contribution in [0.1, 0.15) is 25.7 Å². The summed E-state index contributed by atoms with van der Waals surface area (Å²) in [6, 6.07) is 12.7. The fourth-order valence-electron chi connectivity index (χ4n) is 5.62. The molecule has 2 N–H and O–H groups in total. The number of hydrogen-bond acceptors (Lipinski definition) is 8. The standard InChI is InChI=1S/C29H38ClN6OPS/c1-35-15-11-29(12-16-35)13-17-36(18-14-29)21-9-10-23(25(19-21)37-2)33-28-31-20-22(30)27(34-28)32-24-7-5-6-8-26(24)38(3,4)39/h5-10,19-20H,11-18H2,1-4H3,(H2,31,32,33,34). The Labute approximate surface area is 242 Å². The first-order valence-electron chi connectivity index (χ1n) is 13.5. The molecule has 2 saturated heterocycles. The number of para-hydroxylation sites is 1. The van der Waals surface area contributed by atoms with Crippen molar-refractivity contribution in [1.82, 2.24) is 14.9 Å². The summed E-state index contributed by atoms with van der Waals surface area (Å²) in [5.74, 6) is 1.71. The van der Waals surface area contributed by atoms with Gasteiger partial charge in [0.2, 0.25) is 5.95 Å². The number of methoxy groups -OCH3 is 1. The van der Waals surface area contributed by atoms with Crippen LogP contribution in [0.4, 0.5) is 28.8 Å². The molecule has 0 aliphatic carbocycles. The maximum atomic E-state index is 6.48. The molecule has 7 nitrogen and oxygen atoms in total. The maximum absolute atomic E-state index is 6.48. The van der Waals surface area contributed by atoms with E-state index in [0.717, 1.165) is 35.5 Å². The first-order chi connectivity index (χ1) is 18.7. The number of anilines is 5. The van der Waals surface area contributed by atoms with Gasteiger partial charge in [-0.25, -0.2) is 4.98 Å².